The number of thiocarbonyl (C=S) groups is 1. The predicted octanol–water partition coefficient (Wildman–Crippen LogP) is 3.61. The minimum atomic E-state index is 0.330. The van der Waals surface area contributed by atoms with Gasteiger partial charge in [0.1, 0.15) is 17.3 Å². The summed E-state index contributed by atoms with van der Waals surface area (Å²) in [6, 6.07) is 9.30. The first-order chi connectivity index (χ1) is 8.16. The molecule has 1 heterocycles. The van der Waals surface area contributed by atoms with Crippen molar-refractivity contribution in [1.82, 2.24) is 0 Å². The molecule has 5 heteroatoms. The zero-order valence-corrected chi connectivity index (χ0v) is 11.2. The van der Waals surface area contributed by atoms with Crippen molar-refractivity contribution in [1.29, 1.82) is 0 Å². The van der Waals surface area contributed by atoms with Crippen molar-refractivity contribution in [3.8, 4) is 5.75 Å². The van der Waals surface area contributed by atoms with Gasteiger partial charge in [-0.25, -0.2) is 0 Å². The summed E-state index contributed by atoms with van der Waals surface area (Å²) in [6.45, 7) is 0.518. The average molecular weight is 284 g/mol. The van der Waals surface area contributed by atoms with E-state index < -0.39 is 0 Å². The lowest BCUT2D eigenvalue weighted by Crippen LogP contribution is -2.09. The summed E-state index contributed by atoms with van der Waals surface area (Å²) in [5.74, 6) is 0.639. The molecule has 2 rings (SSSR count). The Kier molecular flexibility index (Phi) is 3.99. The lowest BCUT2D eigenvalue weighted by atomic mass is 10.2. The van der Waals surface area contributed by atoms with E-state index in [9.17, 15) is 0 Å². The minimum Gasteiger partial charge on any atom is -0.487 e. The number of halogens is 1. The molecule has 0 atom stereocenters. The molecule has 17 heavy (non-hydrogen) atoms. The molecular formula is C12H10ClNOS2. The summed E-state index contributed by atoms with van der Waals surface area (Å²) >= 11 is 12.6. The van der Waals surface area contributed by atoms with Crippen LogP contribution < -0.4 is 10.5 Å². The molecule has 0 aliphatic heterocycles. The minimum absolute atomic E-state index is 0.330. The monoisotopic (exact) mass is 283 g/mol. The summed E-state index contributed by atoms with van der Waals surface area (Å²) in [6.07, 6.45) is 0. The molecule has 0 radical (unpaired) electrons. The van der Waals surface area contributed by atoms with Crippen molar-refractivity contribution in [2.45, 2.75) is 6.61 Å². The number of benzene rings is 1. The van der Waals surface area contributed by atoms with Crippen molar-refractivity contribution in [3.05, 3.63) is 51.2 Å². The second kappa shape index (κ2) is 5.49. The predicted molar refractivity (Wildman–Crippen MR) is 76.0 cm³/mol. The molecule has 1 aromatic carbocycles. The van der Waals surface area contributed by atoms with E-state index in [2.05, 4.69) is 0 Å². The first-order valence-electron chi connectivity index (χ1n) is 4.91. The van der Waals surface area contributed by atoms with Gasteiger partial charge in [-0.2, -0.15) is 0 Å². The maximum absolute atomic E-state index is 6.08. The van der Waals surface area contributed by atoms with E-state index in [4.69, 9.17) is 34.3 Å². The third kappa shape index (κ3) is 3.19. The van der Waals surface area contributed by atoms with Gasteiger partial charge >= 0.3 is 0 Å². The normalized spacial score (nSPS) is 10.2. The summed E-state index contributed by atoms with van der Waals surface area (Å²) in [5.41, 5.74) is 6.26. The second-order valence-corrected chi connectivity index (χ2v) is 5.26. The van der Waals surface area contributed by atoms with Gasteiger partial charge in [-0.15, -0.1) is 11.3 Å². The Morgan fingerprint density at radius 3 is 2.82 bits per heavy atom. The van der Waals surface area contributed by atoms with Crippen LogP contribution in [0.5, 0.6) is 5.75 Å². The molecule has 0 unspecified atom stereocenters. The van der Waals surface area contributed by atoms with Crippen LogP contribution in [-0.4, -0.2) is 4.99 Å². The van der Waals surface area contributed by atoms with Crippen molar-refractivity contribution >= 4 is 40.1 Å². The molecule has 2 nitrogen and oxygen atoms in total. The van der Waals surface area contributed by atoms with E-state index >= 15 is 0 Å². The molecule has 88 valence electrons. The van der Waals surface area contributed by atoms with E-state index in [1.54, 1.807) is 29.5 Å². The van der Waals surface area contributed by atoms with Crippen molar-refractivity contribution < 1.29 is 4.74 Å². The average Bonchev–Trinajstić information content (AvgIpc) is 2.80. The van der Waals surface area contributed by atoms with Gasteiger partial charge in [0.2, 0.25) is 0 Å². The van der Waals surface area contributed by atoms with Gasteiger partial charge in [0.25, 0.3) is 0 Å². The quantitative estimate of drug-likeness (QED) is 0.871. The Morgan fingerprint density at radius 2 is 2.24 bits per heavy atom. The fourth-order valence-electron chi connectivity index (χ4n) is 1.31. The van der Waals surface area contributed by atoms with Gasteiger partial charge in [-0.1, -0.05) is 29.9 Å². The van der Waals surface area contributed by atoms with Gasteiger partial charge in [0.05, 0.1) is 5.02 Å². The first kappa shape index (κ1) is 12.4. The van der Waals surface area contributed by atoms with E-state index in [1.165, 1.54) is 0 Å². The van der Waals surface area contributed by atoms with Crippen LogP contribution in [0.15, 0.2) is 35.7 Å². The van der Waals surface area contributed by atoms with Gasteiger partial charge in [-0.3, -0.25) is 0 Å². The third-order valence-electron chi connectivity index (χ3n) is 2.17. The zero-order chi connectivity index (χ0) is 12.3. The molecule has 2 N–H and O–H groups in total. The molecule has 0 aliphatic rings. The van der Waals surface area contributed by atoms with Gasteiger partial charge in [0.15, 0.2) is 0 Å². The number of ether oxygens (including phenoxy) is 1. The molecular weight excluding hydrogens is 274 g/mol. The van der Waals surface area contributed by atoms with Crippen LogP contribution in [0.4, 0.5) is 0 Å². The maximum atomic E-state index is 6.08. The molecule has 0 spiro atoms. The summed E-state index contributed by atoms with van der Waals surface area (Å²) in [5, 5.41) is 2.53. The Hall–Kier alpha value is -1.10. The molecule has 0 amide bonds. The Bertz CT molecular complexity index is 525. The molecule has 0 fully saturated rings. The van der Waals surface area contributed by atoms with Gasteiger partial charge in [0, 0.05) is 10.4 Å². The zero-order valence-electron chi connectivity index (χ0n) is 8.85. The summed E-state index contributed by atoms with van der Waals surface area (Å²) < 4.78 is 5.61. The number of hydrogen-bond acceptors (Lipinski definition) is 3. The molecule has 1 aromatic heterocycles. The van der Waals surface area contributed by atoms with Crippen LogP contribution >= 0.6 is 35.2 Å². The highest BCUT2D eigenvalue weighted by atomic mass is 35.5. The van der Waals surface area contributed by atoms with Crippen molar-refractivity contribution in [2.75, 3.05) is 0 Å². The summed E-state index contributed by atoms with van der Waals surface area (Å²) in [7, 11) is 0. The highest BCUT2D eigenvalue weighted by molar-refractivity contribution is 7.80. The lowest BCUT2D eigenvalue weighted by Gasteiger charge is -2.08. The van der Waals surface area contributed by atoms with E-state index in [0.717, 1.165) is 10.4 Å². The first-order valence-corrected chi connectivity index (χ1v) is 6.58. The van der Waals surface area contributed by atoms with Crippen LogP contribution in [-0.2, 0) is 6.61 Å². The van der Waals surface area contributed by atoms with Crippen LogP contribution in [0, 0.1) is 0 Å². The van der Waals surface area contributed by atoms with Crippen LogP contribution in [0.1, 0.15) is 10.4 Å². The van der Waals surface area contributed by atoms with Crippen LogP contribution in [0.3, 0.4) is 0 Å². The standard InChI is InChI=1S/C12H10ClNOS2/c13-10-6-8(12(14)16)3-4-11(10)15-7-9-2-1-5-17-9/h1-6H,7H2,(H2,14,16). The van der Waals surface area contributed by atoms with Crippen LogP contribution in [0.25, 0.3) is 0 Å². The van der Waals surface area contributed by atoms with E-state index in [0.29, 0.717) is 22.4 Å². The Balaban J connectivity index is 2.09. The second-order valence-electron chi connectivity index (χ2n) is 3.38. The fraction of sp³-hybridized carbons (Fsp3) is 0.0833. The highest BCUT2D eigenvalue weighted by Gasteiger charge is 2.05. The molecule has 0 saturated heterocycles. The van der Waals surface area contributed by atoms with Gasteiger partial charge in [-0.05, 0) is 29.6 Å². The highest BCUT2D eigenvalue weighted by Crippen LogP contribution is 2.26. The largest absolute Gasteiger partial charge is 0.487 e. The molecule has 0 saturated carbocycles. The molecule has 0 aliphatic carbocycles. The topological polar surface area (TPSA) is 35.2 Å². The molecule has 2 aromatic rings. The number of hydrogen-bond donors (Lipinski definition) is 1. The van der Waals surface area contributed by atoms with E-state index in [-0.39, 0.29) is 0 Å². The Labute approximate surface area is 114 Å². The number of rotatable bonds is 4. The maximum Gasteiger partial charge on any atom is 0.138 e. The molecule has 0 bridgehead atoms. The SMILES string of the molecule is NC(=S)c1ccc(OCc2cccs2)c(Cl)c1. The van der Waals surface area contributed by atoms with Crippen LogP contribution in [0.2, 0.25) is 5.02 Å². The van der Waals surface area contributed by atoms with Gasteiger partial charge < -0.3 is 10.5 Å². The third-order valence-corrected chi connectivity index (χ3v) is 3.55. The number of nitrogens with two attached hydrogens (primary N) is 1. The van der Waals surface area contributed by atoms with E-state index in [1.807, 2.05) is 17.5 Å². The van der Waals surface area contributed by atoms with Crippen molar-refractivity contribution in [2.24, 2.45) is 5.73 Å². The van der Waals surface area contributed by atoms with Crippen molar-refractivity contribution in [3.63, 3.8) is 0 Å². The fourth-order valence-corrected chi connectivity index (χ4v) is 2.29. The summed E-state index contributed by atoms with van der Waals surface area (Å²) in [4.78, 5) is 1.48. The smallest absolute Gasteiger partial charge is 0.138 e. The Morgan fingerprint density at radius 1 is 1.41 bits per heavy atom. The lowest BCUT2D eigenvalue weighted by molar-refractivity contribution is 0.310. The number of thiophene rings is 1.